The number of hydrogen-bond acceptors (Lipinski definition) is 4. The van der Waals surface area contributed by atoms with Crippen molar-refractivity contribution in [3.8, 4) is 0 Å². The molecule has 0 aliphatic carbocycles. The molecule has 1 fully saturated rings. The van der Waals surface area contributed by atoms with Gasteiger partial charge in [0, 0.05) is 29.5 Å². The van der Waals surface area contributed by atoms with Crippen molar-refractivity contribution in [2.45, 2.75) is 25.8 Å². The Morgan fingerprint density at radius 3 is 2.75 bits per heavy atom. The van der Waals surface area contributed by atoms with E-state index >= 15 is 0 Å². The molecule has 2 amide bonds. The summed E-state index contributed by atoms with van der Waals surface area (Å²) in [4.78, 5) is 19.9. The van der Waals surface area contributed by atoms with Crippen LogP contribution in [0, 0.1) is 5.92 Å². The standard InChI is InChI=1S/C18H24N4OS/c1-14-6-10-22(11-7-14)16(17-3-2-12-24-17)13-20-18(23)21-15-4-8-19-9-5-15/h2-5,8-9,12,14,16H,6-7,10-11,13H2,1H3,(H2,19,20,21,23). The number of nitrogens with one attached hydrogen (secondary N) is 2. The van der Waals surface area contributed by atoms with E-state index in [1.807, 2.05) is 0 Å². The summed E-state index contributed by atoms with van der Waals surface area (Å²) in [5.41, 5.74) is 0.752. The van der Waals surface area contributed by atoms with Crippen molar-refractivity contribution in [2.75, 3.05) is 25.0 Å². The highest BCUT2D eigenvalue weighted by atomic mass is 32.1. The fourth-order valence-electron chi connectivity index (χ4n) is 3.03. The zero-order valence-electron chi connectivity index (χ0n) is 13.9. The van der Waals surface area contributed by atoms with Crippen LogP contribution in [-0.4, -0.2) is 35.5 Å². The maximum absolute atomic E-state index is 12.2. The number of hydrogen-bond donors (Lipinski definition) is 2. The Bertz CT molecular complexity index is 624. The molecule has 1 aliphatic heterocycles. The second kappa shape index (κ2) is 8.26. The minimum absolute atomic E-state index is 0.173. The number of urea groups is 1. The molecule has 2 aromatic heterocycles. The Balaban J connectivity index is 1.59. The number of aromatic nitrogens is 1. The second-order valence-corrected chi connectivity index (χ2v) is 7.30. The molecule has 0 bridgehead atoms. The monoisotopic (exact) mass is 344 g/mol. The van der Waals surface area contributed by atoms with Crippen molar-refractivity contribution in [1.29, 1.82) is 0 Å². The smallest absolute Gasteiger partial charge is 0.319 e. The number of nitrogens with zero attached hydrogens (tertiary/aromatic N) is 2. The molecule has 1 unspecified atom stereocenters. The van der Waals surface area contributed by atoms with Gasteiger partial charge in [-0.2, -0.15) is 0 Å². The Labute approximate surface area is 147 Å². The van der Waals surface area contributed by atoms with Crippen molar-refractivity contribution in [3.63, 3.8) is 0 Å². The number of thiophene rings is 1. The lowest BCUT2D eigenvalue weighted by molar-refractivity contribution is 0.138. The van der Waals surface area contributed by atoms with E-state index in [0.29, 0.717) is 6.54 Å². The highest BCUT2D eigenvalue weighted by Gasteiger charge is 2.25. The van der Waals surface area contributed by atoms with Gasteiger partial charge in [-0.15, -0.1) is 11.3 Å². The van der Waals surface area contributed by atoms with Gasteiger partial charge in [0.05, 0.1) is 6.04 Å². The highest BCUT2D eigenvalue weighted by molar-refractivity contribution is 7.10. The van der Waals surface area contributed by atoms with Crippen LogP contribution in [0.5, 0.6) is 0 Å². The molecular weight excluding hydrogens is 320 g/mol. The van der Waals surface area contributed by atoms with Gasteiger partial charge < -0.3 is 10.6 Å². The maximum atomic E-state index is 12.2. The summed E-state index contributed by atoms with van der Waals surface area (Å²) < 4.78 is 0. The number of anilines is 1. The van der Waals surface area contributed by atoms with Crippen LogP contribution >= 0.6 is 11.3 Å². The van der Waals surface area contributed by atoms with E-state index in [1.54, 1.807) is 35.9 Å². The molecule has 3 heterocycles. The lowest BCUT2D eigenvalue weighted by Gasteiger charge is -2.36. The van der Waals surface area contributed by atoms with Gasteiger partial charge in [0.2, 0.25) is 0 Å². The van der Waals surface area contributed by atoms with Crippen LogP contribution in [0.25, 0.3) is 0 Å². The van der Waals surface area contributed by atoms with Crippen molar-refractivity contribution in [2.24, 2.45) is 5.92 Å². The third-order valence-electron chi connectivity index (χ3n) is 4.52. The quantitative estimate of drug-likeness (QED) is 0.869. The van der Waals surface area contributed by atoms with Gasteiger partial charge >= 0.3 is 6.03 Å². The summed E-state index contributed by atoms with van der Waals surface area (Å²) in [5.74, 6) is 0.799. The van der Waals surface area contributed by atoms with Gasteiger partial charge in [0.15, 0.2) is 0 Å². The van der Waals surface area contributed by atoms with E-state index < -0.39 is 0 Å². The highest BCUT2D eigenvalue weighted by Crippen LogP contribution is 2.29. The second-order valence-electron chi connectivity index (χ2n) is 6.32. The Morgan fingerprint density at radius 1 is 1.33 bits per heavy atom. The predicted molar refractivity (Wildman–Crippen MR) is 98.3 cm³/mol. The summed E-state index contributed by atoms with van der Waals surface area (Å²) in [6, 6.07) is 7.88. The first-order valence-electron chi connectivity index (χ1n) is 8.44. The summed E-state index contributed by atoms with van der Waals surface area (Å²) >= 11 is 1.76. The summed E-state index contributed by atoms with van der Waals surface area (Å²) in [6.07, 6.45) is 5.79. The van der Waals surface area contributed by atoms with Crippen molar-refractivity contribution >= 4 is 23.1 Å². The number of pyridine rings is 1. The number of carbonyl (C=O) groups is 1. The van der Waals surface area contributed by atoms with E-state index in [2.05, 4.69) is 45.0 Å². The molecule has 128 valence electrons. The van der Waals surface area contributed by atoms with Crippen molar-refractivity contribution in [3.05, 3.63) is 46.9 Å². The lowest BCUT2D eigenvalue weighted by atomic mass is 9.97. The van der Waals surface area contributed by atoms with Crippen LogP contribution in [0.4, 0.5) is 10.5 Å². The normalized spacial score (nSPS) is 17.4. The Morgan fingerprint density at radius 2 is 2.08 bits per heavy atom. The van der Waals surface area contributed by atoms with Gasteiger partial charge in [-0.05, 0) is 55.4 Å². The zero-order chi connectivity index (χ0) is 16.8. The summed E-state index contributed by atoms with van der Waals surface area (Å²) in [7, 11) is 0. The molecule has 6 heteroatoms. The molecule has 1 atom stereocenters. The number of likely N-dealkylation sites (tertiary alicyclic amines) is 1. The van der Waals surface area contributed by atoms with Gasteiger partial charge in [0.25, 0.3) is 0 Å². The molecule has 0 spiro atoms. The molecule has 2 N–H and O–H groups in total. The largest absolute Gasteiger partial charge is 0.336 e. The molecule has 0 saturated carbocycles. The first-order chi connectivity index (χ1) is 11.7. The van der Waals surface area contributed by atoms with Gasteiger partial charge in [-0.1, -0.05) is 13.0 Å². The van der Waals surface area contributed by atoms with Crippen LogP contribution < -0.4 is 10.6 Å². The summed E-state index contributed by atoms with van der Waals surface area (Å²) in [6.45, 7) is 5.12. The van der Waals surface area contributed by atoms with E-state index in [-0.39, 0.29) is 12.1 Å². The molecule has 0 radical (unpaired) electrons. The van der Waals surface area contributed by atoms with Crippen LogP contribution in [0.1, 0.15) is 30.7 Å². The number of rotatable bonds is 5. The molecule has 2 aromatic rings. The average molecular weight is 344 g/mol. The van der Waals surface area contributed by atoms with E-state index in [1.165, 1.54) is 17.7 Å². The average Bonchev–Trinajstić information content (AvgIpc) is 3.12. The van der Waals surface area contributed by atoms with E-state index in [9.17, 15) is 4.79 Å². The number of carbonyl (C=O) groups excluding carboxylic acids is 1. The minimum Gasteiger partial charge on any atom is -0.336 e. The minimum atomic E-state index is -0.173. The van der Waals surface area contributed by atoms with Gasteiger partial charge in [0.1, 0.15) is 0 Å². The third-order valence-corrected chi connectivity index (χ3v) is 5.50. The predicted octanol–water partition coefficient (Wildman–Crippen LogP) is 3.74. The maximum Gasteiger partial charge on any atom is 0.319 e. The van der Waals surface area contributed by atoms with Crippen molar-refractivity contribution in [1.82, 2.24) is 15.2 Å². The topological polar surface area (TPSA) is 57.3 Å². The van der Waals surface area contributed by atoms with E-state index in [0.717, 1.165) is 24.7 Å². The summed E-state index contributed by atoms with van der Waals surface area (Å²) in [5, 5.41) is 7.97. The Hall–Kier alpha value is -1.92. The molecule has 0 aromatic carbocycles. The zero-order valence-corrected chi connectivity index (χ0v) is 14.8. The van der Waals surface area contributed by atoms with Gasteiger partial charge in [-0.3, -0.25) is 9.88 Å². The molecule has 3 rings (SSSR count). The fraction of sp³-hybridized carbons (Fsp3) is 0.444. The van der Waals surface area contributed by atoms with Crippen LogP contribution in [0.3, 0.4) is 0 Å². The molecule has 1 saturated heterocycles. The Kier molecular flexibility index (Phi) is 5.82. The van der Waals surface area contributed by atoms with Crippen LogP contribution in [0.15, 0.2) is 42.0 Å². The fourth-order valence-corrected chi connectivity index (χ4v) is 3.89. The molecule has 1 aliphatic rings. The first-order valence-corrected chi connectivity index (χ1v) is 9.32. The number of amides is 2. The van der Waals surface area contributed by atoms with E-state index in [4.69, 9.17) is 0 Å². The van der Waals surface area contributed by atoms with Crippen LogP contribution in [0.2, 0.25) is 0 Å². The lowest BCUT2D eigenvalue weighted by Crippen LogP contribution is -2.42. The SMILES string of the molecule is CC1CCN(C(CNC(=O)Nc2ccncc2)c2cccs2)CC1. The first kappa shape index (κ1) is 16.9. The van der Waals surface area contributed by atoms with Crippen LogP contribution in [-0.2, 0) is 0 Å². The van der Waals surface area contributed by atoms with Crippen molar-refractivity contribution < 1.29 is 4.79 Å². The molecular formula is C18H24N4OS. The molecule has 5 nitrogen and oxygen atoms in total. The number of piperidine rings is 1. The molecule has 24 heavy (non-hydrogen) atoms. The third kappa shape index (κ3) is 4.55. The van der Waals surface area contributed by atoms with Gasteiger partial charge in [-0.25, -0.2) is 4.79 Å².